The van der Waals surface area contributed by atoms with Crippen LogP contribution in [0, 0.1) is 6.92 Å². The maximum Gasteiger partial charge on any atom is 0.265 e. The molecule has 1 atom stereocenters. The lowest BCUT2D eigenvalue weighted by atomic mass is 10.2. The predicted octanol–water partition coefficient (Wildman–Crippen LogP) is 4.06. The summed E-state index contributed by atoms with van der Waals surface area (Å²) in [5.74, 6) is 0.944. The zero-order chi connectivity index (χ0) is 16.1. The number of anilines is 1. The highest BCUT2D eigenvalue weighted by atomic mass is 35.5. The SMILES string of the molecule is COc1ccc(C)cc1NC(=O)[C@H](C)Oc1ccc(Cl)cc1. The molecular weight excluding hydrogens is 302 g/mol. The molecule has 4 nitrogen and oxygen atoms in total. The molecule has 0 bridgehead atoms. The number of hydrogen-bond acceptors (Lipinski definition) is 3. The highest BCUT2D eigenvalue weighted by Gasteiger charge is 2.16. The number of carbonyl (C=O) groups is 1. The summed E-state index contributed by atoms with van der Waals surface area (Å²) in [4.78, 5) is 12.2. The van der Waals surface area contributed by atoms with Crippen molar-refractivity contribution in [3.05, 3.63) is 53.1 Å². The normalized spacial score (nSPS) is 11.6. The van der Waals surface area contributed by atoms with Crippen LogP contribution in [-0.2, 0) is 4.79 Å². The molecule has 0 saturated heterocycles. The van der Waals surface area contributed by atoms with E-state index in [1.54, 1.807) is 38.3 Å². The number of methoxy groups -OCH3 is 1. The molecule has 0 aliphatic carbocycles. The van der Waals surface area contributed by atoms with Gasteiger partial charge in [-0.1, -0.05) is 17.7 Å². The molecule has 2 aromatic carbocycles. The Morgan fingerprint density at radius 1 is 1.18 bits per heavy atom. The molecule has 0 spiro atoms. The van der Waals surface area contributed by atoms with Gasteiger partial charge in [-0.05, 0) is 55.8 Å². The average Bonchev–Trinajstić information content (AvgIpc) is 2.49. The average molecular weight is 320 g/mol. The fourth-order valence-electron chi connectivity index (χ4n) is 1.92. The molecule has 1 amide bonds. The Morgan fingerprint density at radius 2 is 1.86 bits per heavy atom. The number of carbonyl (C=O) groups excluding carboxylic acids is 1. The molecule has 1 N–H and O–H groups in total. The van der Waals surface area contributed by atoms with Gasteiger partial charge in [0.25, 0.3) is 5.91 Å². The number of ether oxygens (including phenoxy) is 2. The Morgan fingerprint density at radius 3 is 2.50 bits per heavy atom. The maximum absolute atomic E-state index is 12.2. The fraction of sp³-hybridized carbons (Fsp3) is 0.235. The second-order valence-corrected chi connectivity index (χ2v) is 5.34. The minimum atomic E-state index is -0.647. The van der Waals surface area contributed by atoms with Gasteiger partial charge >= 0.3 is 0 Å². The molecule has 2 aromatic rings. The topological polar surface area (TPSA) is 47.6 Å². The van der Waals surface area contributed by atoms with Crippen LogP contribution in [0.5, 0.6) is 11.5 Å². The van der Waals surface area contributed by atoms with Crippen molar-refractivity contribution in [1.29, 1.82) is 0 Å². The van der Waals surface area contributed by atoms with E-state index in [4.69, 9.17) is 21.1 Å². The lowest BCUT2D eigenvalue weighted by Crippen LogP contribution is -2.30. The molecule has 0 saturated carbocycles. The van der Waals surface area contributed by atoms with Crippen molar-refractivity contribution in [1.82, 2.24) is 0 Å². The van der Waals surface area contributed by atoms with Gasteiger partial charge in [-0.15, -0.1) is 0 Å². The van der Waals surface area contributed by atoms with Crippen LogP contribution in [0.3, 0.4) is 0 Å². The van der Waals surface area contributed by atoms with E-state index >= 15 is 0 Å². The second-order valence-electron chi connectivity index (χ2n) is 4.91. The van der Waals surface area contributed by atoms with Crippen LogP contribution in [0.1, 0.15) is 12.5 Å². The first-order valence-corrected chi connectivity index (χ1v) is 7.25. The van der Waals surface area contributed by atoms with E-state index in [0.29, 0.717) is 22.2 Å². The molecule has 5 heteroatoms. The molecular formula is C17H18ClNO3. The van der Waals surface area contributed by atoms with E-state index in [1.807, 2.05) is 25.1 Å². The highest BCUT2D eigenvalue weighted by Crippen LogP contribution is 2.25. The summed E-state index contributed by atoms with van der Waals surface area (Å²) in [6, 6.07) is 12.5. The van der Waals surface area contributed by atoms with E-state index in [9.17, 15) is 4.79 Å². The van der Waals surface area contributed by atoms with Gasteiger partial charge in [-0.2, -0.15) is 0 Å². The van der Waals surface area contributed by atoms with Crippen molar-refractivity contribution in [3.63, 3.8) is 0 Å². The zero-order valence-corrected chi connectivity index (χ0v) is 13.5. The number of rotatable bonds is 5. The van der Waals surface area contributed by atoms with Gasteiger partial charge in [0.05, 0.1) is 12.8 Å². The van der Waals surface area contributed by atoms with Gasteiger partial charge in [0, 0.05) is 5.02 Å². The Bertz CT molecular complexity index is 655. The summed E-state index contributed by atoms with van der Waals surface area (Å²) in [7, 11) is 1.56. The molecule has 116 valence electrons. The lowest BCUT2D eigenvalue weighted by molar-refractivity contribution is -0.122. The van der Waals surface area contributed by atoms with Crippen LogP contribution in [0.4, 0.5) is 5.69 Å². The second kappa shape index (κ2) is 7.18. The minimum Gasteiger partial charge on any atom is -0.495 e. The standard InChI is InChI=1S/C17H18ClNO3/c1-11-4-9-16(21-3)15(10-11)19-17(20)12(2)22-14-7-5-13(18)6-8-14/h4-10,12H,1-3H3,(H,19,20)/t12-/m0/s1. The molecule has 0 aromatic heterocycles. The monoisotopic (exact) mass is 319 g/mol. The molecule has 22 heavy (non-hydrogen) atoms. The van der Waals surface area contributed by atoms with Crippen molar-refractivity contribution in [2.75, 3.05) is 12.4 Å². The van der Waals surface area contributed by atoms with Crippen molar-refractivity contribution < 1.29 is 14.3 Å². The highest BCUT2D eigenvalue weighted by molar-refractivity contribution is 6.30. The Kier molecular flexibility index (Phi) is 5.28. The van der Waals surface area contributed by atoms with Crippen LogP contribution < -0.4 is 14.8 Å². The Labute approximate surface area is 135 Å². The van der Waals surface area contributed by atoms with Gasteiger partial charge < -0.3 is 14.8 Å². The third-order valence-electron chi connectivity index (χ3n) is 3.11. The first-order valence-electron chi connectivity index (χ1n) is 6.87. The van der Waals surface area contributed by atoms with E-state index in [0.717, 1.165) is 5.56 Å². The van der Waals surface area contributed by atoms with Gasteiger partial charge in [0.15, 0.2) is 6.10 Å². The van der Waals surface area contributed by atoms with Crippen LogP contribution >= 0.6 is 11.6 Å². The smallest absolute Gasteiger partial charge is 0.265 e. The van der Waals surface area contributed by atoms with E-state index < -0.39 is 6.10 Å². The molecule has 0 fully saturated rings. The largest absolute Gasteiger partial charge is 0.495 e. The van der Waals surface area contributed by atoms with Crippen LogP contribution in [-0.4, -0.2) is 19.1 Å². The molecule has 0 aliphatic heterocycles. The summed E-state index contributed by atoms with van der Waals surface area (Å²) in [6.45, 7) is 3.63. The molecule has 0 heterocycles. The molecule has 0 unspecified atom stereocenters. The van der Waals surface area contributed by atoms with Crippen LogP contribution in [0.2, 0.25) is 5.02 Å². The van der Waals surface area contributed by atoms with Crippen molar-refractivity contribution in [2.45, 2.75) is 20.0 Å². The Balaban J connectivity index is 2.05. The number of hydrogen-bond donors (Lipinski definition) is 1. The molecule has 0 aliphatic rings. The first kappa shape index (κ1) is 16.2. The summed E-state index contributed by atoms with van der Waals surface area (Å²) < 4.78 is 10.8. The summed E-state index contributed by atoms with van der Waals surface area (Å²) in [6.07, 6.45) is -0.647. The third kappa shape index (κ3) is 4.15. The van der Waals surface area contributed by atoms with Crippen LogP contribution in [0.25, 0.3) is 0 Å². The number of halogens is 1. The van der Waals surface area contributed by atoms with E-state index in [2.05, 4.69) is 5.32 Å². The minimum absolute atomic E-state index is 0.251. The zero-order valence-electron chi connectivity index (χ0n) is 12.7. The quantitative estimate of drug-likeness (QED) is 0.904. The van der Waals surface area contributed by atoms with Crippen molar-refractivity contribution >= 4 is 23.2 Å². The third-order valence-corrected chi connectivity index (χ3v) is 3.36. The summed E-state index contributed by atoms with van der Waals surface area (Å²) in [5.41, 5.74) is 1.65. The predicted molar refractivity (Wildman–Crippen MR) is 87.9 cm³/mol. The van der Waals surface area contributed by atoms with Gasteiger partial charge in [0.2, 0.25) is 0 Å². The summed E-state index contributed by atoms with van der Waals surface area (Å²) in [5, 5.41) is 3.44. The number of aryl methyl sites for hydroxylation is 1. The van der Waals surface area contributed by atoms with Crippen molar-refractivity contribution in [3.8, 4) is 11.5 Å². The number of amides is 1. The molecule has 0 radical (unpaired) electrons. The van der Waals surface area contributed by atoms with Crippen molar-refractivity contribution in [2.24, 2.45) is 0 Å². The van der Waals surface area contributed by atoms with Gasteiger partial charge in [-0.3, -0.25) is 4.79 Å². The van der Waals surface area contributed by atoms with Gasteiger partial charge in [-0.25, -0.2) is 0 Å². The maximum atomic E-state index is 12.2. The fourth-order valence-corrected chi connectivity index (χ4v) is 2.05. The Hall–Kier alpha value is -2.20. The lowest BCUT2D eigenvalue weighted by Gasteiger charge is -2.16. The number of nitrogens with one attached hydrogen (secondary N) is 1. The van der Waals surface area contributed by atoms with E-state index in [1.165, 1.54) is 0 Å². The van der Waals surface area contributed by atoms with E-state index in [-0.39, 0.29) is 5.91 Å². The summed E-state index contributed by atoms with van der Waals surface area (Å²) >= 11 is 5.82. The number of benzene rings is 2. The van der Waals surface area contributed by atoms with Crippen LogP contribution in [0.15, 0.2) is 42.5 Å². The van der Waals surface area contributed by atoms with Gasteiger partial charge in [0.1, 0.15) is 11.5 Å². The first-order chi connectivity index (χ1) is 10.5. The molecule has 2 rings (SSSR count).